The first-order valence-electron chi connectivity index (χ1n) is 13.5. The summed E-state index contributed by atoms with van der Waals surface area (Å²) in [5, 5.41) is 19.9. The summed E-state index contributed by atoms with van der Waals surface area (Å²) in [5.41, 5.74) is 4.85. The lowest BCUT2D eigenvalue weighted by molar-refractivity contribution is -0.0962. The first kappa shape index (κ1) is 23.8. The van der Waals surface area contributed by atoms with Crippen LogP contribution in [0.3, 0.4) is 0 Å². The quantitative estimate of drug-likeness (QED) is 0.343. The molecule has 0 aliphatic heterocycles. The van der Waals surface area contributed by atoms with Gasteiger partial charge < -0.3 is 10.2 Å². The number of allylic oxidation sites excluding steroid dienone is 2. The van der Waals surface area contributed by atoms with E-state index in [1.54, 1.807) is 0 Å². The van der Waals surface area contributed by atoms with Crippen LogP contribution in [-0.2, 0) is 0 Å². The van der Waals surface area contributed by atoms with Gasteiger partial charge in [-0.25, -0.2) is 0 Å². The van der Waals surface area contributed by atoms with Gasteiger partial charge in [0.05, 0.1) is 6.10 Å². The number of fused-ring (bicyclic) bond motifs is 4. The van der Waals surface area contributed by atoms with Crippen molar-refractivity contribution in [2.45, 2.75) is 125 Å². The van der Waals surface area contributed by atoms with E-state index in [0.717, 1.165) is 24.7 Å². The highest BCUT2D eigenvalue weighted by Crippen LogP contribution is 2.72. The lowest BCUT2D eigenvalue weighted by Gasteiger charge is -2.62. The standard InChI is InChI=1S/C29H50O2/c1-20(10-8-7-9-19-30)21-13-17-29(6)23-11-12-24-26(2,3)25(31)15-16-27(24,4)22(23)14-18-28(21,29)5/h20-21,24-25,30-31H,7-19H2,1-6H3/t20-,21-,24+,25+,27-,28-,29+/m1/s1. The number of unbranched alkanes of at least 4 members (excludes halogenated alkanes) is 2. The molecular formula is C29H50O2. The van der Waals surface area contributed by atoms with E-state index in [-0.39, 0.29) is 11.5 Å². The largest absolute Gasteiger partial charge is 0.396 e. The van der Waals surface area contributed by atoms with Gasteiger partial charge in [0.1, 0.15) is 0 Å². The third-order valence-corrected chi connectivity index (χ3v) is 11.8. The van der Waals surface area contributed by atoms with Gasteiger partial charge in [-0.2, -0.15) is 0 Å². The summed E-state index contributed by atoms with van der Waals surface area (Å²) < 4.78 is 0. The molecule has 0 spiro atoms. The molecule has 0 aromatic heterocycles. The van der Waals surface area contributed by atoms with Crippen molar-refractivity contribution in [1.29, 1.82) is 0 Å². The van der Waals surface area contributed by atoms with Crippen molar-refractivity contribution in [3.05, 3.63) is 11.1 Å². The second-order valence-electron chi connectivity index (χ2n) is 13.3. The van der Waals surface area contributed by atoms with Crippen molar-refractivity contribution in [1.82, 2.24) is 0 Å². The van der Waals surface area contributed by atoms with Crippen LogP contribution in [0.1, 0.15) is 119 Å². The average Bonchev–Trinajstić information content (AvgIpc) is 3.00. The predicted molar refractivity (Wildman–Crippen MR) is 130 cm³/mol. The minimum absolute atomic E-state index is 0.0362. The Morgan fingerprint density at radius 2 is 1.61 bits per heavy atom. The molecule has 0 heterocycles. The van der Waals surface area contributed by atoms with Crippen LogP contribution in [0, 0.1) is 39.4 Å². The summed E-state index contributed by atoms with van der Waals surface area (Å²) in [6, 6.07) is 0. The molecule has 0 bridgehead atoms. The molecule has 4 aliphatic rings. The zero-order valence-electron chi connectivity index (χ0n) is 21.4. The minimum atomic E-state index is -0.139. The first-order chi connectivity index (χ1) is 14.5. The molecule has 2 N–H and O–H groups in total. The number of hydrogen-bond acceptors (Lipinski definition) is 2. The van der Waals surface area contributed by atoms with E-state index >= 15 is 0 Å². The Kier molecular flexibility index (Phi) is 6.26. The van der Waals surface area contributed by atoms with Crippen LogP contribution in [0.2, 0.25) is 0 Å². The summed E-state index contributed by atoms with van der Waals surface area (Å²) >= 11 is 0. The van der Waals surface area contributed by atoms with E-state index in [9.17, 15) is 5.11 Å². The number of rotatable bonds is 6. The van der Waals surface area contributed by atoms with Gasteiger partial charge in [0.15, 0.2) is 0 Å². The monoisotopic (exact) mass is 430 g/mol. The molecule has 2 nitrogen and oxygen atoms in total. The van der Waals surface area contributed by atoms with E-state index in [1.165, 1.54) is 64.2 Å². The number of aliphatic hydroxyl groups is 2. The molecule has 0 amide bonds. The van der Waals surface area contributed by atoms with Crippen LogP contribution in [0.5, 0.6) is 0 Å². The third kappa shape index (κ3) is 3.40. The average molecular weight is 431 g/mol. The van der Waals surface area contributed by atoms with E-state index in [2.05, 4.69) is 41.5 Å². The van der Waals surface area contributed by atoms with Crippen molar-refractivity contribution >= 4 is 0 Å². The van der Waals surface area contributed by atoms with Gasteiger partial charge in [0.25, 0.3) is 0 Å². The minimum Gasteiger partial charge on any atom is -0.396 e. The van der Waals surface area contributed by atoms with Gasteiger partial charge in [0.2, 0.25) is 0 Å². The van der Waals surface area contributed by atoms with Crippen LogP contribution in [0.25, 0.3) is 0 Å². The molecule has 0 aromatic rings. The van der Waals surface area contributed by atoms with Crippen molar-refractivity contribution in [3.63, 3.8) is 0 Å². The molecule has 0 unspecified atom stereocenters. The van der Waals surface area contributed by atoms with E-state index in [1.807, 2.05) is 11.1 Å². The molecule has 0 aromatic carbocycles. The lowest BCUT2D eigenvalue weighted by Crippen LogP contribution is -2.55. The van der Waals surface area contributed by atoms with E-state index < -0.39 is 0 Å². The van der Waals surface area contributed by atoms with Gasteiger partial charge in [0, 0.05) is 6.61 Å². The fourth-order valence-electron chi connectivity index (χ4n) is 9.59. The summed E-state index contributed by atoms with van der Waals surface area (Å²) in [6.45, 7) is 15.4. The van der Waals surface area contributed by atoms with Gasteiger partial charge in [-0.05, 0) is 97.2 Å². The fourth-order valence-corrected chi connectivity index (χ4v) is 9.59. The molecule has 4 rings (SSSR count). The molecule has 0 radical (unpaired) electrons. The Hall–Kier alpha value is -0.340. The Morgan fingerprint density at radius 3 is 2.32 bits per heavy atom. The van der Waals surface area contributed by atoms with Crippen molar-refractivity contribution in [2.75, 3.05) is 6.61 Å². The molecule has 4 aliphatic carbocycles. The summed E-state index contributed by atoms with van der Waals surface area (Å²) in [7, 11) is 0. The maximum Gasteiger partial charge on any atom is 0.0594 e. The zero-order valence-corrected chi connectivity index (χ0v) is 21.4. The number of hydrogen-bond donors (Lipinski definition) is 2. The van der Waals surface area contributed by atoms with Crippen LogP contribution in [0.4, 0.5) is 0 Å². The van der Waals surface area contributed by atoms with Gasteiger partial charge in [-0.15, -0.1) is 0 Å². The van der Waals surface area contributed by atoms with Gasteiger partial charge in [-0.3, -0.25) is 0 Å². The Bertz CT molecular complexity index is 708. The van der Waals surface area contributed by atoms with Gasteiger partial charge >= 0.3 is 0 Å². The van der Waals surface area contributed by atoms with E-state index in [0.29, 0.717) is 28.8 Å². The highest BCUT2D eigenvalue weighted by Gasteiger charge is 2.63. The summed E-state index contributed by atoms with van der Waals surface area (Å²) in [6.07, 6.45) is 14.7. The molecule has 178 valence electrons. The van der Waals surface area contributed by atoms with Crippen LogP contribution in [0.15, 0.2) is 11.1 Å². The summed E-state index contributed by atoms with van der Waals surface area (Å²) in [5.74, 6) is 2.26. The maximum atomic E-state index is 10.8. The predicted octanol–water partition coefficient (Wildman–Crippen LogP) is 7.29. The number of aliphatic hydroxyl groups excluding tert-OH is 2. The molecule has 7 atom stereocenters. The fraction of sp³-hybridized carbons (Fsp3) is 0.931. The Labute approximate surface area is 192 Å². The SMILES string of the molecule is C[C@H](CCCCCO)[C@H]1CC[C@@]2(C)C3=C(CC[C@]12C)[C@@]1(C)CC[C@H](O)C(C)(C)[C@@H]1CC3. The molecule has 2 heteroatoms. The smallest absolute Gasteiger partial charge is 0.0594 e. The van der Waals surface area contributed by atoms with Crippen LogP contribution < -0.4 is 0 Å². The Balaban J connectivity index is 1.61. The second-order valence-corrected chi connectivity index (χ2v) is 13.3. The van der Waals surface area contributed by atoms with Crippen LogP contribution >= 0.6 is 0 Å². The second kappa shape index (κ2) is 8.15. The van der Waals surface area contributed by atoms with Crippen molar-refractivity contribution < 1.29 is 10.2 Å². The molecule has 2 saturated carbocycles. The van der Waals surface area contributed by atoms with Crippen molar-refractivity contribution in [2.24, 2.45) is 39.4 Å². The molecule has 0 saturated heterocycles. The summed E-state index contributed by atoms with van der Waals surface area (Å²) in [4.78, 5) is 0. The topological polar surface area (TPSA) is 40.5 Å². The van der Waals surface area contributed by atoms with Crippen molar-refractivity contribution in [3.8, 4) is 0 Å². The molecular weight excluding hydrogens is 380 g/mol. The maximum absolute atomic E-state index is 10.8. The molecule has 2 fully saturated rings. The highest BCUT2D eigenvalue weighted by molar-refractivity contribution is 5.38. The zero-order chi connectivity index (χ0) is 22.7. The Morgan fingerprint density at radius 1 is 0.871 bits per heavy atom. The van der Waals surface area contributed by atoms with E-state index in [4.69, 9.17) is 5.11 Å². The first-order valence-corrected chi connectivity index (χ1v) is 13.5. The normalized spacial score (nSPS) is 45.1. The van der Waals surface area contributed by atoms with Crippen LogP contribution in [-0.4, -0.2) is 22.9 Å². The molecule has 31 heavy (non-hydrogen) atoms. The highest BCUT2D eigenvalue weighted by atomic mass is 16.3. The third-order valence-electron chi connectivity index (χ3n) is 11.8. The van der Waals surface area contributed by atoms with Gasteiger partial charge in [-0.1, -0.05) is 72.0 Å². The lowest BCUT2D eigenvalue weighted by atomic mass is 9.43.